The number of aromatic nitrogens is 1. The van der Waals surface area contributed by atoms with Crippen LogP contribution in [-0.4, -0.2) is 24.1 Å². The monoisotopic (exact) mass is 235 g/mol. The fraction of sp³-hybridized carbons (Fsp3) is 0.643. The van der Waals surface area contributed by atoms with Gasteiger partial charge in [0.15, 0.2) is 0 Å². The molecule has 17 heavy (non-hydrogen) atoms. The van der Waals surface area contributed by atoms with Crippen molar-refractivity contribution in [2.75, 3.05) is 18.0 Å². The van der Waals surface area contributed by atoms with Gasteiger partial charge in [-0.05, 0) is 39.8 Å². The third kappa shape index (κ3) is 4.00. The van der Waals surface area contributed by atoms with Crippen LogP contribution in [0.4, 0.5) is 5.82 Å². The highest BCUT2D eigenvalue weighted by Crippen LogP contribution is 2.19. The summed E-state index contributed by atoms with van der Waals surface area (Å²) in [6.07, 6.45) is 3.04. The minimum atomic E-state index is 0.486. The van der Waals surface area contributed by atoms with Crippen LogP contribution < -0.4 is 10.2 Å². The quantitative estimate of drug-likeness (QED) is 0.737. The van der Waals surface area contributed by atoms with Crippen LogP contribution in [0.15, 0.2) is 18.3 Å². The summed E-state index contributed by atoms with van der Waals surface area (Å²) in [6.45, 7) is 11.7. The molecule has 0 atom stereocenters. The van der Waals surface area contributed by atoms with Crippen molar-refractivity contribution in [3.8, 4) is 0 Å². The molecule has 0 unspecified atom stereocenters. The molecule has 1 N–H and O–H groups in total. The molecule has 0 bridgehead atoms. The van der Waals surface area contributed by atoms with Gasteiger partial charge in [0, 0.05) is 30.9 Å². The first-order chi connectivity index (χ1) is 8.20. The summed E-state index contributed by atoms with van der Waals surface area (Å²) in [7, 11) is 0. The lowest BCUT2D eigenvalue weighted by Gasteiger charge is -2.28. The Labute approximate surface area is 105 Å². The van der Waals surface area contributed by atoms with Crippen LogP contribution in [0.2, 0.25) is 0 Å². The molecule has 1 aromatic heterocycles. The topological polar surface area (TPSA) is 28.2 Å². The minimum Gasteiger partial charge on any atom is -0.354 e. The zero-order valence-electron chi connectivity index (χ0n) is 11.5. The van der Waals surface area contributed by atoms with E-state index < -0.39 is 0 Å². The molecule has 0 aliphatic heterocycles. The number of nitrogens with zero attached hydrogens (tertiary/aromatic N) is 2. The lowest BCUT2D eigenvalue weighted by molar-refractivity contribution is 0.654. The Bertz CT molecular complexity index is 323. The summed E-state index contributed by atoms with van der Waals surface area (Å²) in [5.41, 5.74) is 1.29. The van der Waals surface area contributed by atoms with E-state index in [1.165, 1.54) is 5.56 Å². The first-order valence-electron chi connectivity index (χ1n) is 6.61. The van der Waals surface area contributed by atoms with Crippen molar-refractivity contribution in [3.05, 3.63) is 23.9 Å². The van der Waals surface area contributed by atoms with Gasteiger partial charge in [-0.3, -0.25) is 0 Å². The summed E-state index contributed by atoms with van der Waals surface area (Å²) in [6, 6.07) is 4.66. The zero-order valence-corrected chi connectivity index (χ0v) is 11.5. The predicted molar refractivity (Wildman–Crippen MR) is 74.4 cm³/mol. The zero-order chi connectivity index (χ0) is 12.7. The molecule has 1 rings (SSSR count). The summed E-state index contributed by atoms with van der Waals surface area (Å²) >= 11 is 0. The summed E-state index contributed by atoms with van der Waals surface area (Å²) in [5, 5.41) is 3.44. The van der Waals surface area contributed by atoms with Gasteiger partial charge in [0.2, 0.25) is 0 Å². The van der Waals surface area contributed by atoms with Crippen LogP contribution in [0, 0.1) is 0 Å². The lowest BCUT2D eigenvalue weighted by atomic mass is 10.2. The number of rotatable bonds is 7. The van der Waals surface area contributed by atoms with Crippen molar-refractivity contribution >= 4 is 5.82 Å². The van der Waals surface area contributed by atoms with Gasteiger partial charge < -0.3 is 10.2 Å². The molecular formula is C14H25N3. The van der Waals surface area contributed by atoms with Gasteiger partial charge in [0.1, 0.15) is 5.82 Å². The third-order valence-corrected chi connectivity index (χ3v) is 2.85. The fourth-order valence-corrected chi connectivity index (χ4v) is 1.99. The third-order valence-electron chi connectivity index (χ3n) is 2.85. The largest absolute Gasteiger partial charge is 0.354 e. The van der Waals surface area contributed by atoms with Crippen molar-refractivity contribution < 1.29 is 0 Å². The molecule has 1 aromatic rings. The second-order valence-corrected chi connectivity index (χ2v) is 4.54. The molecule has 0 aromatic carbocycles. The SMILES string of the molecule is CCCNCc1cccnc1N(CC)C(C)C. The van der Waals surface area contributed by atoms with E-state index in [0.717, 1.165) is 31.9 Å². The molecule has 1 heterocycles. The van der Waals surface area contributed by atoms with E-state index in [0.29, 0.717) is 6.04 Å². The Morgan fingerprint density at radius 3 is 2.71 bits per heavy atom. The van der Waals surface area contributed by atoms with Crippen molar-refractivity contribution in [3.63, 3.8) is 0 Å². The molecule has 0 saturated carbocycles. The molecule has 0 aliphatic carbocycles. The smallest absolute Gasteiger partial charge is 0.133 e. The van der Waals surface area contributed by atoms with E-state index in [1.54, 1.807) is 0 Å². The van der Waals surface area contributed by atoms with E-state index in [-0.39, 0.29) is 0 Å². The Kier molecular flexibility index (Phi) is 5.98. The van der Waals surface area contributed by atoms with Crippen molar-refractivity contribution in [2.24, 2.45) is 0 Å². The average molecular weight is 235 g/mol. The van der Waals surface area contributed by atoms with Crippen LogP contribution in [0.3, 0.4) is 0 Å². The molecule has 0 radical (unpaired) electrons. The number of hydrogen-bond acceptors (Lipinski definition) is 3. The maximum atomic E-state index is 4.54. The average Bonchev–Trinajstić information content (AvgIpc) is 2.32. The maximum Gasteiger partial charge on any atom is 0.133 e. The Morgan fingerprint density at radius 1 is 1.35 bits per heavy atom. The minimum absolute atomic E-state index is 0.486. The molecular weight excluding hydrogens is 210 g/mol. The van der Waals surface area contributed by atoms with Crippen LogP contribution in [0.5, 0.6) is 0 Å². The number of anilines is 1. The standard InChI is InChI=1S/C14H25N3/c1-5-9-15-11-13-8-7-10-16-14(13)17(6-2)12(3)4/h7-8,10,12,15H,5-6,9,11H2,1-4H3. The van der Waals surface area contributed by atoms with Gasteiger partial charge in [-0.15, -0.1) is 0 Å². The van der Waals surface area contributed by atoms with Crippen LogP contribution in [0.25, 0.3) is 0 Å². The van der Waals surface area contributed by atoms with Crippen molar-refractivity contribution in [2.45, 2.75) is 46.7 Å². The van der Waals surface area contributed by atoms with Crippen molar-refractivity contribution in [1.82, 2.24) is 10.3 Å². The fourth-order valence-electron chi connectivity index (χ4n) is 1.99. The second kappa shape index (κ2) is 7.28. The van der Waals surface area contributed by atoms with Crippen LogP contribution in [-0.2, 0) is 6.54 Å². The molecule has 3 heteroatoms. The first kappa shape index (κ1) is 14.0. The van der Waals surface area contributed by atoms with E-state index in [2.05, 4.69) is 49.0 Å². The first-order valence-corrected chi connectivity index (χ1v) is 6.61. The molecule has 96 valence electrons. The molecule has 0 amide bonds. The highest BCUT2D eigenvalue weighted by atomic mass is 15.2. The molecule has 0 saturated heterocycles. The number of pyridine rings is 1. The molecule has 0 spiro atoms. The number of hydrogen-bond donors (Lipinski definition) is 1. The van der Waals surface area contributed by atoms with E-state index in [1.807, 2.05) is 12.3 Å². The normalized spacial score (nSPS) is 10.9. The molecule has 3 nitrogen and oxygen atoms in total. The highest BCUT2D eigenvalue weighted by molar-refractivity contribution is 5.47. The Hall–Kier alpha value is -1.09. The van der Waals surface area contributed by atoms with Gasteiger partial charge in [-0.2, -0.15) is 0 Å². The van der Waals surface area contributed by atoms with Gasteiger partial charge in [0.05, 0.1) is 0 Å². The van der Waals surface area contributed by atoms with Crippen molar-refractivity contribution in [1.29, 1.82) is 0 Å². The Balaban J connectivity index is 2.82. The number of nitrogens with one attached hydrogen (secondary N) is 1. The molecule has 0 aliphatic rings. The summed E-state index contributed by atoms with van der Waals surface area (Å²) in [5.74, 6) is 1.12. The van der Waals surface area contributed by atoms with E-state index in [4.69, 9.17) is 0 Å². The molecule has 0 fully saturated rings. The van der Waals surface area contributed by atoms with E-state index >= 15 is 0 Å². The van der Waals surface area contributed by atoms with Crippen LogP contribution in [0.1, 0.15) is 39.7 Å². The van der Waals surface area contributed by atoms with Gasteiger partial charge in [-0.1, -0.05) is 13.0 Å². The summed E-state index contributed by atoms with van der Waals surface area (Å²) in [4.78, 5) is 6.87. The Morgan fingerprint density at radius 2 is 2.12 bits per heavy atom. The second-order valence-electron chi connectivity index (χ2n) is 4.54. The van der Waals surface area contributed by atoms with Gasteiger partial charge >= 0.3 is 0 Å². The summed E-state index contributed by atoms with van der Waals surface area (Å²) < 4.78 is 0. The van der Waals surface area contributed by atoms with Crippen LogP contribution >= 0.6 is 0 Å². The van der Waals surface area contributed by atoms with Gasteiger partial charge in [-0.25, -0.2) is 4.98 Å². The van der Waals surface area contributed by atoms with E-state index in [9.17, 15) is 0 Å². The predicted octanol–water partition coefficient (Wildman–Crippen LogP) is 2.82. The lowest BCUT2D eigenvalue weighted by Crippen LogP contribution is -2.32. The highest BCUT2D eigenvalue weighted by Gasteiger charge is 2.13. The van der Waals surface area contributed by atoms with Gasteiger partial charge in [0.25, 0.3) is 0 Å². The maximum absolute atomic E-state index is 4.54.